The second-order valence-electron chi connectivity index (χ2n) is 6.16. The maximum absolute atomic E-state index is 12.3. The summed E-state index contributed by atoms with van der Waals surface area (Å²) >= 11 is 0. The zero-order chi connectivity index (χ0) is 19.9. The summed E-state index contributed by atoms with van der Waals surface area (Å²) in [7, 11) is 1.64. The number of H-pyrrole nitrogens is 1. The number of ether oxygens (including phenoxy) is 1. The Morgan fingerprint density at radius 3 is 2.68 bits per heavy atom. The fraction of sp³-hybridized carbons (Fsp3) is 0.143. The second kappa shape index (κ2) is 8.88. The molecule has 0 bridgehead atoms. The van der Waals surface area contributed by atoms with Gasteiger partial charge in [0.2, 0.25) is 0 Å². The van der Waals surface area contributed by atoms with Gasteiger partial charge in [-0.2, -0.15) is 0 Å². The molecule has 0 aliphatic rings. The van der Waals surface area contributed by atoms with Gasteiger partial charge < -0.3 is 15.0 Å². The van der Waals surface area contributed by atoms with Crippen LogP contribution in [0.5, 0.6) is 5.75 Å². The Morgan fingerprint density at radius 2 is 1.96 bits per heavy atom. The summed E-state index contributed by atoms with van der Waals surface area (Å²) in [4.78, 5) is 26.5. The summed E-state index contributed by atoms with van der Waals surface area (Å²) in [5.41, 5.74) is 4.93. The van der Waals surface area contributed by atoms with Gasteiger partial charge in [0.25, 0.3) is 11.8 Å². The van der Waals surface area contributed by atoms with E-state index in [-0.39, 0.29) is 5.91 Å². The van der Waals surface area contributed by atoms with Crippen LogP contribution in [0.4, 0.5) is 0 Å². The molecular weight excluding hydrogens is 358 g/mol. The average molecular weight is 379 g/mol. The van der Waals surface area contributed by atoms with E-state index in [0.717, 1.165) is 27.8 Å². The first kappa shape index (κ1) is 19.2. The first-order valence-corrected chi connectivity index (χ1v) is 8.75. The lowest BCUT2D eigenvalue weighted by Gasteiger charge is -2.06. The molecule has 0 fully saturated rings. The lowest BCUT2D eigenvalue weighted by Crippen LogP contribution is -2.25. The molecule has 0 spiro atoms. The molecular formula is C21H21N3O4. The van der Waals surface area contributed by atoms with E-state index in [9.17, 15) is 9.59 Å². The molecule has 1 aromatic heterocycles. The Balaban J connectivity index is 1.57. The van der Waals surface area contributed by atoms with Crippen molar-refractivity contribution in [2.24, 2.45) is 0 Å². The van der Waals surface area contributed by atoms with Gasteiger partial charge in [-0.1, -0.05) is 12.1 Å². The molecule has 0 radical (unpaired) electrons. The van der Waals surface area contributed by atoms with E-state index in [0.29, 0.717) is 18.5 Å². The number of hydrogen-bond donors (Lipinski definition) is 4. The monoisotopic (exact) mass is 379 g/mol. The summed E-state index contributed by atoms with van der Waals surface area (Å²) in [6.45, 7) is 0.501. The molecule has 2 aromatic carbocycles. The second-order valence-corrected chi connectivity index (χ2v) is 6.16. The van der Waals surface area contributed by atoms with Gasteiger partial charge in [-0.25, -0.2) is 5.48 Å². The molecule has 3 rings (SSSR count). The van der Waals surface area contributed by atoms with Crippen molar-refractivity contribution >= 4 is 28.8 Å². The number of methoxy groups -OCH3 is 1. The highest BCUT2D eigenvalue weighted by Gasteiger charge is 2.08. The van der Waals surface area contributed by atoms with E-state index in [2.05, 4.69) is 10.3 Å². The van der Waals surface area contributed by atoms with Crippen molar-refractivity contribution in [2.75, 3.05) is 13.7 Å². The lowest BCUT2D eigenvalue weighted by atomic mass is 10.1. The average Bonchev–Trinajstić information content (AvgIpc) is 3.14. The number of carbonyl (C=O) groups excluding carboxylic acids is 2. The van der Waals surface area contributed by atoms with Crippen LogP contribution < -0.4 is 15.5 Å². The van der Waals surface area contributed by atoms with Crippen LogP contribution in [0, 0.1) is 0 Å². The summed E-state index contributed by atoms with van der Waals surface area (Å²) in [5, 5.41) is 12.4. The summed E-state index contributed by atoms with van der Waals surface area (Å²) in [6, 6.07) is 12.7. The van der Waals surface area contributed by atoms with Crippen molar-refractivity contribution in [1.29, 1.82) is 0 Å². The molecule has 3 aromatic rings. The molecule has 0 saturated heterocycles. The van der Waals surface area contributed by atoms with Gasteiger partial charge in [-0.3, -0.25) is 14.8 Å². The molecule has 0 aliphatic heterocycles. The van der Waals surface area contributed by atoms with E-state index >= 15 is 0 Å². The van der Waals surface area contributed by atoms with E-state index in [1.54, 1.807) is 37.5 Å². The number of nitrogens with one attached hydrogen (secondary N) is 3. The Bertz CT molecular complexity index is 1010. The van der Waals surface area contributed by atoms with Crippen LogP contribution in [0.2, 0.25) is 0 Å². The smallest absolute Gasteiger partial charge is 0.267 e. The normalized spacial score (nSPS) is 10.9. The fourth-order valence-corrected chi connectivity index (χ4v) is 2.86. The van der Waals surface area contributed by atoms with Gasteiger partial charge in [-0.05, 0) is 54.0 Å². The van der Waals surface area contributed by atoms with Crippen LogP contribution in [0.25, 0.3) is 17.0 Å². The highest BCUT2D eigenvalue weighted by Crippen LogP contribution is 2.23. The predicted molar refractivity (Wildman–Crippen MR) is 106 cm³/mol. The van der Waals surface area contributed by atoms with Gasteiger partial charge in [0.1, 0.15) is 5.75 Å². The molecule has 0 aliphatic carbocycles. The van der Waals surface area contributed by atoms with Crippen molar-refractivity contribution in [3.8, 4) is 5.75 Å². The van der Waals surface area contributed by atoms with Gasteiger partial charge >= 0.3 is 0 Å². The minimum atomic E-state index is -0.614. The molecule has 4 N–H and O–H groups in total. The molecule has 144 valence electrons. The number of hydroxylamine groups is 1. The van der Waals surface area contributed by atoms with Gasteiger partial charge in [0, 0.05) is 35.3 Å². The van der Waals surface area contributed by atoms with Gasteiger partial charge in [0.15, 0.2) is 0 Å². The van der Waals surface area contributed by atoms with Gasteiger partial charge in [0.05, 0.1) is 7.11 Å². The van der Waals surface area contributed by atoms with Crippen molar-refractivity contribution in [1.82, 2.24) is 15.8 Å². The Hall–Kier alpha value is -3.58. The number of rotatable bonds is 7. The minimum absolute atomic E-state index is 0.166. The highest BCUT2D eigenvalue weighted by molar-refractivity contribution is 5.95. The van der Waals surface area contributed by atoms with Crippen molar-refractivity contribution in [2.45, 2.75) is 6.42 Å². The van der Waals surface area contributed by atoms with Gasteiger partial charge in [-0.15, -0.1) is 0 Å². The third-order valence-electron chi connectivity index (χ3n) is 4.36. The molecule has 1 heterocycles. The molecule has 2 amide bonds. The summed E-state index contributed by atoms with van der Waals surface area (Å²) in [6.07, 6.45) is 5.37. The van der Waals surface area contributed by atoms with Crippen LogP contribution in [-0.4, -0.2) is 35.7 Å². The summed E-state index contributed by atoms with van der Waals surface area (Å²) < 4.78 is 5.27. The number of carbonyl (C=O) groups is 2. The number of hydrogen-bond acceptors (Lipinski definition) is 4. The van der Waals surface area contributed by atoms with E-state index < -0.39 is 5.91 Å². The topological polar surface area (TPSA) is 103 Å². The zero-order valence-electron chi connectivity index (χ0n) is 15.4. The highest BCUT2D eigenvalue weighted by atomic mass is 16.5. The summed E-state index contributed by atoms with van der Waals surface area (Å²) in [5.74, 6) is 0.0146. The minimum Gasteiger partial charge on any atom is -0.497 e. The number of benzene rings is 2. The first-order chi connectivity index (χ1) is 13.6. The maximum atomic E-state index is 12.3. The van der Waals surface area contributed by atoms with Crippen LogP contribution in [0.15, 0.2) is 54.7 Å². The molecule has 0 unspecified atom stereocenters. The quantitative estimate of drug-likeness (QED) is 0.288. The van der Waals surface area contributed by atoms with Crippen LogP contribution in [0.1, 0.15) is 21.5 Å². The van der Waals surface area contributed by atoms with E-state index in [1.807, 2.05) is 24.4 Å². The molecule has 28 heavy (non-hydrogen) atoms. The SMILES string of the molecule is COc1ccc2[nH]cc(CCNC(=O)c3ccc(/C=C/C(=O)NO)cc3)c2c1. The lowest BCUT2D eigenvalue weighted by molar-refractivity contribution is -0.124. The fourth-order valence-electron chi connectivity index (χ4n) is 2.86. The van der Waals surface area contributed by atoms with Crippen molar-refractivity contribution in [3.63, 3.8) is 0 Å². The molecule has 0 atom stereocenters. The Kier molecular flexibility index (Phi) is 6.08. The van der Waals surface area contributed by atoms with E-state index in [4.69, 9.17) is 9.94 Å². The third-order valence-corrected chi connectivity index (χ3v) is 4.36. The largest absolute Gasteiger partial charge is 0.497 e. The van der Waals surface area contributed by atoms with E-state index in [1.165, 1.54) is 11.6 Å². The van der Waals surface area contributed by atoms with Crippen LogP contribution in [0.3, 0.4) is 0 Å². The van der Waals surface area contributed by atoms with Crippen LogP contribution in [-0.2, 0) is 11.2 Å². The maximum Gasteiger partial charge on any atom is 0.267 e. The number of fused-ring (bicyclic) bond motifs is 1. The molecule has 7 nitrogen and oxygen atoms in total. The Labute approximate surface area is 162 Å². The number of aromatic nitrogens is 1. The molecule has 7 heteroatoms. The van der Waals surface area contributed by atoms with Crippen LogP contribution >= 0.6 is 0 Å². The van der Waals surface area contributed by atoms with Crippen molar-refractivity contribution in [3.05, 3.63) is 71.4 Å². The molecule has 0 saturated carbocycles. The first-order valence-electron chi connectivity index (χ1n) is 8.75. The predicted octanol–water partition coefficient (Wildman–Crippen LogP) is 2.67. The number of amides is 2. The zero-order valence-corrected chi connectivity index (χ0v) is 15.4. The Morgan fingerprint density at radius 1 is 1.18 bits per heavy atom. The number of aromatic amines is 1. The standard InChI is InChI=1S/C21H21N3O4/c1-28-17-7-8-19-18(12-17)16(13-23-19)10-11-22-21(26)15-5-2-14(3-6-15)4-9-20(25)24-27/h2-9,12-13,23,27H,10-11H2,1H3,(H,22,26)(H,24,25)/b9-4+. The third kappa shape index (κ3) is 4.57. The van der Waals surface area contributed by atoms with Crippen molar-refractivity contribution < 1.29 is 19.5 Å².